The fourth-order valence-electron chi connectivity index (χ4n) is 4.43. The van der Waals surface area contributed by atoms with E-state index in [9.17, 15) is 0 Å². The Bertz CT molecular complexity index is 303. The Morgan fingerprint density at radius 1 is 1.12 bits per heavy atom. The lowest BCUT2D eigenvalue weighted by Crippen LogP contribution is -2.59. The molecule has 90 valence electrons. The summed E-state index contributed by atoms with van der Waals surface area (Å²) in [5.41, 5.74) is 0.704. The first-order chi connectivity index (χ1) is 7.67. The van der Waals surface area contributed by atoms with Crippen molar-refractivity contribution >= 4 is 22.9 Å². The molecule has 0 amide bonds. The summed E-state index contributed by atoms with van der Waals surface area (Å²) in [6.45, 7) is 8.17. The van der Waals surface area contributed by atoms with E-state index in [-0.39, 0.29) is 0 Å². The zero-order chi connectivity index (χ0) is 10.9. The highest BCUT2D eigenvalue weighted by atomic mass is 127. The Labute approximate surface area is 112 Å². The van der Waals surface area contributed by atoms with E-state index in [1.807, 2.05) is 0 Å². The second-order valence-corrected chi connectivity index (χ2v) is 7.90. The third-order valence-electron chi connectivity index (χ3n) is 5.23. The molecular weight excluding hydrogens is 313 g/mol. The molecule has 1 saturated carbocycles. The van der Waals surface area contributed by atoms with Crippen LogP contribution in [0.2, 0.25) is 0 Å². The molecule has 3 saturated heterocycles. The second-order valence-electron chi connectivity index (χ2n) is 6.54. The molecule has 4 heteroatoms. The average molecular weight is 333 g/mol. The quantitative estimate of drug-likeness (QED) is 0.522. The van der Waals surface area contributed by atoms with E-state index in [1.54, 1.807) is 0 Å². The summed E-state index contributed by atoms with van der Waals surface area (Å²) in [4.78, 5) is 5.30. The van der Waals surface area contributed by atoms with Crippen molar-refractivity contribution in [3.63, 3.8) is 0 Å². The predicted octanol–water partition coefficient (Wildman–Crippen LogP) is 0.904. The van der Waals surface area contributed by atoms with Gasteiger partial charge in [-0.25, -0.2) is 3.11 Å². The van der Waals surface area contributed by atoms with Gasteiger partial charge in [-0.1, -0.05) is 0 Å². The number of halogens is 1. The van der Waals surface area contributed by atoms with E-state index in [2.05, 4.69) is 42.8 Å². The van der Waals surface area contributed by atoms with Crippen LogP contribution in [0.15, 0.2) is 0 Å². The van der Waals surface area contributed by atoms with Crippen molar-refractivity contribution < 1.29 is 0 Å². The molecule has 3 aliphatic heterocycles. The Morgan fingerprint density at radius 2 is 1.81 bits per heavy atom. The maximum atomic E-state index is 2.79. The van der Waals surface area contributed by atoms with Crippen molar-refractivity contribution in [2.24, 2.45) is 17.3 Å². The van der Waals surface area contributed by atoms with Crippen LogP contribution in [0.3, 0.4) is 0 Å². The van der Waals surface area contributed by atoms with Crippen LogP contribution in [0.4, 0.5) is 0 Å². The monoisotopic (exact) mass is 333 g/mol. The number of nitrogens with zero attached hydrogens (tertiary/aromatic N) is 3. The molecule has 1 spiro atoms. The van der Waals surface area contributed by atoms with E-state index in [1.165, 1.54) is 45.7 Å². The minimum atomic E-state index is 0.704. The number of fused-ring (bicyclic) bond motifs is 1. The molecule has 3 heterocycles. The van der Waals surface area contributed by atoms with Crippen molar-refractivity contribution in [1.82, 2.24) is 12.9 Å². The first kappa shape index (κ1) is 10.5. The molecule has 16 heavy (non-hydrogen) atoms. The molecule has 0 aromatic heterocycles. The highest BCUT2D eigenvalue weighted by molar-refractivity contribution is 14.1. The lowest BCUT2D eigenvalue weighted by molar-refractivity contribution is -0.00586. The van der Waals surface area contributed by atoms with Gasteiger partial charge in [-0.05, 0) is 31.8 Å². The zero-order valence-electron chi connectivity index (χ0n) is 9.90. The Kier molecular flexibility index (Phi) is 2.19. The molecule has 1 aliphatic carbocycles. The normalized spacial score (nSPS) is 47.2. The van der Waals surface area contributed by atoms with E-state index < -0.39 is 0 Å². The van der Waals surface area contributed by atoms with Gasteiger partial charge in [0.25, 0.3) is 0 Å². The van der Waals surface area contributed by atoms with Crippen LogP contribution in [0.1, 0.15) is 6.42 Å². The van der Waals surface area contributed by atoms with Gasteiger partial charge < -0.3 is 4.90 Å². The molecule has 4 aliphatic rings. The Morgan fingerprint density at radius 3 is 2.38 bits per heavy atom. The van der Waals surface area contributed by atoms with Gasteiger partial charge in [0.1, 0.15) is 0 Å². The van der Waals surface area contributed by atoms with Crippen molar-refractivity contribution in [3.05, 3.63) is 0 Å². The first-order valence-corrected chi connectivity index (χ1v) is 7.47. The minimum Gasteiger partial charge on any atom is -0.306 e. The SMILES string of the molecule is CN1CCC2(C1)CN(C1C3CN(I)CC31)C2. The van der Waals surface area contributed by atoms with E-state index in [0.29, 0.717) is 5.41 Å². The summed E-state index contributed by atoms with van der Waals surface area (Å²) in [7, 11) is 2.28. The third-order valence-corrected chi connectivity index (χ3v) is 6.02. The molecule has 0 aromatic carbocycles. The van der Waals surface area contributed by atoms with Crippen LogP contribution < -0.4 is 0 Å². The van der Waals surface area contributed by atoms with Gasteiger partial charge >= 0.3 is 0 Å². The zero-order valence-corrected chi connectivity index (χ0v) is 12.1. The summed E-state index contributed by atoms with van der Waals surface area (Å²) < 4.78 is 2.47. The fourth-order valence-corrected chi connectivity index (χ4v) is 5.34. The maximum absolute atomic E-state index is 2.79. The van der Waals surface area contributed by atoms with E-state index in [4.69, 9.17) is 0 Å². The number of likely N-dealkylation sites (tertiary alicyclic amines) is 2. The van der Waals surface area contributed by atoms with Crippen LogP contribution in [0.25, 0.3) is 0 Å². The number of piperidine rings is 1. The maximum Gasteiger partial charge on any atom is 0.0201 e. The van der Waals surface area contributed by atoms with Gasteiger partial charge in [0.2, 0.25) is 0 Å². The molecule has 0 bridgehead atoms. The van der Waals surface area contributed by atoms with Crippen LogP contribution in [0.5, 0.6) is 0 Å². The fraction of sp³-hybridized carbons (Fsp3) is 1.00. The molecule has 0 aromatic rings. The summed E-state index contributed by atoms with van der Waals surface area (Å²) in [5.74, 6) is 2.04. The summed E-state index contributed by atoms with van der Waals surface area (Å²) >= 11 is 2.48. The summed E-state index contributed by atoms with van der Waals surface area (Å²) in [6, 6.07) is 0.975. The molecule has 4 rings (SSSR count). The van der Waals surface area contributed by atoms with Gasteiger partial charge in [-0.3, -0.25) is 4.90 Å². The molecule has 0 radical (unpaired) electrons. The van der Waals surface area contributed by atoms with Crippen LogP contribution in [-0.2, 0) is 0 Å². The number of hydrogen-bond donors (Lipinski definition) is 0. The molecule has 4 fully saturated rings. The minimum absolute atomic E-state index is 0.704. The Balaban J connectivity index is 1.35. The lowest BCUT2D eigenvalue weighted by Gasteiger charge is -2.49. The number of hydrogen-bond acceptors (Lipinski definition) is 3. The van der Waals surface area contributed by atoms with Crippen molar-refractivity contribution in [1.29, 1.82) is 0 Å². The third kappa shape index (κ3) is 1.42. The van der Waals surface area contributed by atoms with E-state index >= 15 is 0 Å². The second kappa shape index (κ2) is 3.33. The summed E-state index contributed by atoms with van der Waals surface area (Å²) in [6.07, 6.45) is 1.44. The Hall–Kier alpha value is 0.610. The first-order valence-electron chi connectivity index (χ1n) is 6.50. The molecule has 2 atom stereocenters. The van der Waals surface area contributed by atoms with E-state index in [0.717, 1.165) is 17.9 Å². The van der Waals surface area contributed by atoms with Crippen molar-refractivity contribution in [3.8, 4) is 0 Å². The molecular formula is C12H20IN3. The van der Waals surface area contributed by atoms with Crippen LogP contribution >= 0.6 is 22.9 Å². The molecule has 3 nitrogen and oxygen atoms in total. The standard InChI is InChI=1S/C12H20IN3/c1-14-3-2-12(6-14)7-15(8-12)11-9-4-16(13)5-10(9)11/h9-11H,2-8H2,1H3. The molecule has 0 N–H and O–H groups in total. The lowest BCUT2D eigenvalue weighted by atomic mass is 9.79. The smallest absolute Gasteiger partial charge is 0.0201 e. The number of rotatable bonds is 1. The summed E-state index contributed by atoms with van der Waals surface area (Å²) in [5, 5.41) is 0. The van der Waals surface area contributed by atoms with Crippen molar-refractivity contribution in [2.45, 2.75) is 12.5 Å². The van der Waals surface area contributed by atoms with Gasteiger partial charge in [0.05, 0.1) is 0 Å². The highest BCUT2D eigenvalue weighted by Gasteiger charge is 2.62. The van der Waals surface area contributed by atoms with Gasteiger partial charge in [0, 0.05) is 67.0 Å². The van der Waals surface area contributed by atoms with Gasteiger partial charge in [-0.2, -0.15) is 0 Å². The largest absolute Gasteiger partial charge is 0.306 e. The average Bonchev–Trinajstić information content (AvgIpc) is 2.60. The topological polar surface area (TPSA) is 9.72 Å². The van der Waals surface area contributed by atoms with Crippen molar-refractivity contribution in [2.75, 3.05) is 46.3 Å². The van der Waals surface area contributed by atoms with Gasteiger partial charge in [-0.15, -0.1) is 0 Å². The van der Waals surface area contributed by atoms with Crippen LogP contribution in [-0.4, -0.2) is 65.3 Å². The predicted molar refractivity (Wildman–Crippen MR) is 72.5 cm³/mol. The molecule has 2 unspecified atom stereocenters. The highest BCUT2D eigenvalue weighted by Crippen LogP contribution is 2.54. The van der Waals surface area contributed by atoms with Gasteiger partial charge in [0.15, 0.2) is 0 Å². The van der Waals surface area contributed by atoms with Crippen LogP contribution in [0, 0.1) is 17.3 Å².